The number of carbonyl (C=O) groups is 2. The minimum atomic E-state index is -1.26. The lowest BCUT2D eigenvalue weighted by molar-refractivity contribution is -0.132. The van der Waals surface area contributed by atoms with Gasteiger partial charge in [-0.3, -0.25) is 9.69 Å². The predicted molar refractivity (Wildman–Crippen MR) is 89.9 cm³/mol. The highest BCUT2D eigenvalue weighted by atomic mass is 35.5. The number of nitrogens with one attached hydrogen (secondary N) is 1. The lowest BCUT2D eigenvalue weighted by Crippen LogP contribution is -2.40. The highest BCUT2D eigenvalue weighted by Gasteiger charge is 2.51. The smallest absolute Gasteiger partial charge is 0.325 e. The highest BCUT2D eigenvalue weighted by molar-refractivity contribution is 6.30. The fourth-order valence-electron chi connectivity index (χ4n) is 2.74. The average molecular weight is 373 g/mol. The van der Waals surface area contributed by atoms with Crippen molar-refractivity contribution in [1.29, 1.82) is 0 Å². The molecule has 2 aromatic heterocycles. The minimum absolute atomic E-state index is 0.137. The number of hydrogen-bond acceptors (Lipinski definition) is 6. The van der Waals surface area contributed by atoms with Gasteiger partial charge in [0.25, 0.3) is 5.91 Å². The lowest BCUT2D eigenvalue weighted by Gasteiger charge is -2.18. The quantitative estimate of drug-likeness (QED) is 0.706. The molecule has 4 rings (SSSR count). The van der Waals surface area contributed by atoms with Crippen molar-refractivity contribution < 1.29 is 18.5 Å². The first-order valence-electron chi connectivity index (χ1n) is 7.74. The van der Waals surface area contributed by atoms with Gasteiger partial charge in [-0.1, -0.05) is 16.8 Å². The number of rotatable bonds is 4. The van der Waals surface area contributed by atoms with E-state index in [0.717, 1.165) is 4.90 Å². The van der Waals surface area contributed by atoms with Crippen LogP contribution in [-0.4, -0.2) is 27.0 Å². The molecule has 3 amide bonds. The largest absolute Gasteiger partial charge is 0.466 e. The Morgan fingerprint density at radius 2 is 2.00 bits per heavy atom. The summed E-state index contributed by atoms with van der Waals surface area (Å²) in [6, 6.07) is 9.64. The third-order valence-corrected chi connectivity index (χ3v) is 4.40. The average Bonchev–Trinajstić information content (AvgIpc) is 3.34. The van der Waals surface area contributed by atoms with Gasteiger partial charge in [0.2, 0.25) is 11.7 Å². The Morgan fingerprint density at radius 3 is 2.69 bits per heavy atom. The number of nitrogens with zero attached hydrogens (tertiary/aromatic N) is 3. The molecule has 1 N–H and O–H groups in total. The highest BCUT2D eigenvalue weighted by Crippen LogP contribution is 2.30. The number of urea groups is 1. The number of benzene rings is 1. The van der Waals surface area contributed by atoms with Crippen LogP contribution < -0.4 is 5.32 Å². The van der Waals surface area contributed by atoms with E-state index in [1.807, 2.05) is 0 Å². The van der Waals surface area contributed by atoms with Crippen molar-refractivity contribution >= 4 is 23.5 Å². The van der Waals surface area contributed by atoms with Crippen LogP contribution in [0.3, 0.4) is 0 Å². The van der Waals surface area contributed by atoms with Crippen LogP contribution in [0.1, 0.15) is 18.6 Å². The minimum Gasteiger partial charge on any atom is -0.466 e. The van der Waals surface area contributed by atoms with Gasteiger partial charge >= 0.3 is 6.03 Å². The lowest BCUT2D eigenvalue weighted by atomic mass is 9.99. The van der Waals surface area contributed by atoms with E-state index in [-0.39, 0.29) is 12.4 Å². The predicted octanol–water partition coefficient (Wildman–Crippen LogP) is 2.95. The van der Waals surface area contributed by atoms with E-state index in [0.29, 0.717) is 22.2 Å². The number of carbonyl (C=O) groups excluding carboxylic acids is 2. The van der Waals surface area contributed by atoms with Crippen molar-refractivity contribution in [1.82, 2.24) is 20.4 Å². The molecule has 0 saturated carbocycles. The van der Waals surface area contributed by atoms with Crippen LogP contribution in [0.2, 0.25) is 5.02 Å². The van der Waals surface area contributed by atoms with Gasteiger partial charge in [0.05, 0.1) is 6.26 Å². The van der Waals surface area contributed by atoms with Crippen LogP contribution in [0, 0.1) is 0 Å². The third-order valence-electron chi connectivity index (χ3n) is 4.15. The van der Waals surface area contributed by atoms with Crippen molar-refractivity contribution in [3.05, 3.63) is 59.3 Å². The second-order valence-electron chi connectivity index (χ2n) is 5.94. The molecule has 3 heterocycles. The van der Waals surface area contributed by atoms with Gasteiger partial charge in [0.1, 0.15) is 12.3 Å². The Balaban J connectivity index is 1.55. The molecular formula is C17H13ClN4O4. The maximum absolute atomic E-state index is 12.7. The van der Waals surface area contributed by atoms with E-state index in [1.54, 1.807) is 43.3 Å². The Hall–Kier alpha value is -3.13. The van der Waals surface area contributed by atoms with Crippen LogP contribution >= 0.6 is 11.6 Å². The Labute approximate surface area is 152 Å². The Bertz CT molecular complexity index is 967. The van der Waals surface area contributed by atoms with E-state index < -0.39 is 17.5 Å². The summed E-state index contributed by atoms with van der Waals surface area (Å²) in [6.07, 6.45) is 1.44. The molecule has 1 aromatic carbocycles. The van der Waals surface area contributed by atoms with Crippen molar-refractivity contribution in [2.45, 2.75) is 19.0 Å². The number of furan rings is 1. The van der Waals surface area contributed by atoms with Gasteiger partial charge < -0.3 is 14.3 Å². The first kappa shape index (κ1) is 16.3. The monoisotopic (exact) mass is 372 g/mol. The fourth-order valence-corrected chi connectivity index (χ4v) is 2.87. The topological polar surface area (TPSA) is 101 Å². The molecule has 1 aliphatic rings. The fraction of sp³-hybridized carbons (Fsp3) is 0.176. The van der Waals surface area contributed by atoms with Crippen LogP contribution in [0.5, 0.6) is 0 Å². The molecule has 1 aliphatic heterocycles. The van der Waals surface area contributed by atoms with Crippen molar-refractivity contribution in [2.24, 2.45) is 0 Å². The molecule has 1 atom stereocenters. The molecule has 9 heteroatoms. The summed E-state index contributed by atoms with van der Waals surface area (Å²) in [6.45, 7) is 1.45. The van der Waals surface area contributed by atoms with Gasteiger partial charge in [0, 0.05) is 10.6 Å². The van der Waals surface area contributed by atoms with Crippen LogP contribution in [-0.2, 0) is 16.9 Å². The molecule has 0 aliphatic carbocycles. The molecule has 0 spiro atoms. The van der Waals surface area contributed by atoms with Crippen molar-refractivity contribution in [2.75, 3.05) is 0 Å². The first-order chi connectivity index (χ1) is 12.5. The summed E-state index contributed by atoms with van der Waals surface area (Å²) in [5.74, 6) is 0.383. The van der Waals surface area contributed by atoms with Gasteiger partial charge in [-0.2, -0.15) is 4.98 Å². The molecule has 0 radical (unpaired) electrons. The molecule has 3 aromatic rings. The molecule has 0 bridgehead atoms. The Kier molecular flexibility index (Phi) is 3.77. The van der Waals surface area contributed by atoms with Gasteiger partial charge in [0.15, 0.2) is 5.54 Å². The number of hydrogen-bond donors (Lipinski definition) is 1. The van der Waals surface area contributed by atoms with Crippen LogP contribution in [0.4, 0.5) is 4.79 Å². The summed E-state index contributed by atoms with van der Waals surface area (Å²) in [4.78, 5) is 30.2. The van der Waals surface area contributed by atoms with E-state index in [9.17, 15) is 9.59 Å². The van der Waals surface area contributed by atoms with Gasteiger partial charge in [-0.05, 0) is 43.3 Å². The summed E-state index contributed by atoms with van der Waals surface area (Å²) in [5, 5.41) is 7.11. The van der Waals surface area contributed by atoms with Crippen LogP contribution in [0.25, 0.3) is 11.4 Å². The summed E-state index contributed by atoms with van der Waals surface area (Å²) >= 11 is 5.86. The van der Waals surface area contributed by atoms with Gasteiger partial charge in [-0.15, -0.1) is 0 Å². The SMILES string of the molecule is C[C@@]1(c2ccco2)NC(=O)N(Cc2nc(-c3ccc(Cl)cc3)no2)C1=O. The zero-order valence-electron chi connectivity index (χ0n) is 13.6. The normalized spacial score (nSPS) is 19.8. The van der Waals surface area contributed by atoms with E-state index >= 15 is 0 Å². The number of imide groups is 1. The molecule has 26 heavy (non-hydrogen) atoms. The summed E-state index contributed by atoms with van der Waals surface area (Å²) < 4.78 is 10.5. The van der Waals surface area contributed by atoms with Crippen molar-refractivity contribution in [3.8, 4) is 11.4 Å². The summed E-state index contributed by atoms with van der Waals surface area (Å²) in [7, 11) is 0. The standard InChI is InChI=1S/C17H13ClN4O4/c1-17(12-3-2-8-25-12)15(23)22(16(24)20-17)9-13-19-14(21-26-13)10-4-6-11(18)7-5-10/h2-8H,9H2,1H3,(H,20,24)/t17-/m0/s1. The summed E-state index contributed by atoms with van der Waals surface area (Å²) in [5.41, 5.74) is -0.554. The van der Waals surface area contributed by atoms with E-state index in [2.05, 4.69) is 15.5 Å². The maximum Gasteiger partial charge on any atom is 0.325 e. The molecule has 0 unspecified atom stereocenters. The maximum atomic E-state index is 12.7. The Morgan fingerprint density at radius 1 is 1.23 bits per heavy atom. The zero-order valence-corrected chi connectivity index (χ0v) is 14.4. The van der Waals surface area contributed by atoms with E-state index in [1.165, 1.54) is 6.26 Å². The second kappa shape index (κ2) is 5.99. The number of halogens is 1. The third kappa shape index (κ3) is 2.64. The zero-order chi connectivity index (χ0) is 18.3. The second-order valence-corrected chi connectivity index (χ2v) is 6.38. The van der Waals surface area contributed by atoms with Crippen molar-refractivity contribution in [3.63, 3.8) is 0 Å². The first-order valence-corrected chi connectivity index (χ1v) is 8.12. The van der Waals surface area contributed by atoms with E-state index in [4.69, 9.17) is 20.5 Å². The van der Waals surface area contributed by atoms with Crippen LogP contribution in [0.15, 0.2) is 51.6 Å². The molecular weight excluding hydrogens is 360 g/mol. The number of amides is 3. The molecule has 132 valence electrons. The molecule has 1 saturated heterocycles. The number of aromatic nitrogens is 2. The molecule has 8 nitrogen and oxygen atoms in total. The molecule has 1 fully saturated rings. The van der Waals surface area contributed by atoms with Gasteiger partial charge in [-0.25, -0.2) is 4.79 Å².